The first-order chi connectivity index (χ1) is 10.0. The van der Waals surface area contributed by atoms with E-state index in [9.17, 15) is 14.7 Å². The van der Waals surface area contributed by atoms with Crippen LogP contribution in [-0.2, 0) is 9.59 Å². The average Bonchev–Trinajstić information content (AvgIpc) is 2.83. The van der Waals surface area contributed by atoms with Gasteiger partial charge in [0.05, 0.1) is 6.54 Å². The summed E-state index contributed by atoms with van der Waals surface area (Å²) in [6.07, 6.45) is 6.15. The van der Waals surface area contributed by atoms with Crippen LogP contribution in [0.2, 0.25) is 0 Å². The van der Waals surface area contributed by atoms with E-state index in [2.05, 4.69) is 13.2 Å². The van der Waals surface area contributed by atoms with Crippen LogP contribution in [0.5, 0.6) is 0 Å². The Balaban J connectivity index is 2.83. The highest BCUT2D eigenvalue weighted by atomic mass is 16.4. The molecule has 0 bridgehead atoms. The van der Waals surface area contributed by atoms with Crippen molar-refractivity contribution >= 4 is 11.9 Å². The number of hydrogen-bond donors (Lipinski definition) is 1. The second kappa shape index (κ2) is 7.98. The molecule has 21 heavy (non-hydrogen) atoms. The Morgan fingerprint density at radius 2 is 1.95 bits per heavy atom. The summed E-state index contributed by atoms with van der Waals surface area (Å²) in [6, 6.07) is 0. The highest BCUT2D eigenvalue weighted by molar-refractivity contribution is 5.83. The molecule has 0 saturated carbocycles. The third-order valence-electron chi connectivity index (χ3n) is 4.06. The summed E-state index contributed by atoms with van der Waals surface area (Å²) in [4.78, 5) is 27.6. The van der Waals surface area contributed by atoms with Crippen molar-refractivity contribution in [3.05, 3.63) is 25.3 Å². The Kier molecular flexibility index (Phi) is 6.62. The van der Waals surface area contributed by atoms with E-state index in [1.165, 1.54) is 0 Å². The zero-order valence-corrected chi connectivity index (χ0v) is 12.9. The third-order valence-corrected chi connectivity index (χ3v) is 4.06. The van der Waals surface area contributed by atoms with Gasteiger partial charge in [-0.1, -0.05) is 25.5 Å². The van der Waals surface area contributed by atoms with Crippen LogP contribution in [0.4, 0.5) is 0 Å². The molecule has 1 amide bonds. The molecule has 0 aliphatic carbocycles. The van der Waals surface area contributed by atoms with E-state index < -0.39 is 11.5 Å². The number of carbonyl (C=O) groups is 2. The van der Waals surface area contributed by atoms with Crippen molar-refractivity contribution in [2.45, 2.75) is 38.1 Å². The first-order valence-corrected chi connectivity index (χ1v) is 7.49. The van der Waals surface area contributed by atoms with Crippen LogP contribution in [0.3, 0.4) is 0 Å². The van der Waals surface area contributed by atoms with Crippen molar-refractivity contribution in [1.29, 1.82) is 0 Å². The smallest absolute Gasteiger partial charge is 0.324 e. The monoisotopic (exact) mass is 294 g/mol. The number of hydrogen-bond acceptors (Lipinski definition) is 3. The molecule has 0 aromatic rings. The van der Waals surface area contributed by atoms with Gasteiger partial charge < -0.3 is 10.0 Å². The number of carboxylic acids is 1. The van der Waals surface area contributed by atoms with Gasteiger partial charge in [0, 0.05) is 13.1 Å². The normalized spacial score (nSPS) is 22.0. The molecule has 1 aliphatic rings. The molecule has 1 rings (SSSR count). The highest BCUT2D eigenvalue weighted by Gasteiger charge is 2.47. The second-order valence-corrected chi connectivity index (χ2v) is 5.49. The zero-order valence-electron chi connectivity index (χ0n) is 12.9. The predicted molar refractivity (Wildman–Crippen MR) is 83.1 cm³/mol. The maximum absolute atomic E-state index is 12.4. The van der Waals surface area contributed by atoms with Crippen LogP contribution in [0.25, 0.3) is 0 Å². The summed E-state index contributed by atoms with van der Waals surface area (Å²) in [6.45, 7) is 11.0. The quantitative estimate of drug-likeness (QED) is 0.660. The largest absolute Gasteiger partial charge is 0.480 e. The minimum Gasteiger partial charge on any atom is -0.480 e. The van der Waals surface area contributed by atoms with Gasteiger partial charge in [0.1, 0.15) is 5.54 Å². The molecule has 5 nitrogen and oxygen atoms in total. The molecule has 0 aromatic carbocycles. The Bertz CT molecular complexity index is 398. The van der Waals surface area contributed by atoms with Crippen molar-refractivity contribution in [3.63, 3.8) is 0 Å². The third kappa shape index (κ3) is 3.94. The van der Waals surface area contributed by atoms with E-state index in [0.29, 0.717) is 32.5 Å². The second-order valence-electron chi connectivity index (χ2n) is 5.49. The van der Waals surface area contributed by atoms with Crippen LogP contribution in [0.15, 0.2) is 25.3 Å². The number of carbonyl (C=O) groups excluding carboxylic acids is 1. The predicted octanol–water partition coefficient (Wildman–Crippen LogP) is 1.91. The molecule has 0 spiro atoms. The fraction of sp³-hybridized carbons (Fsp3) is 0.625. The molecule has 5 heteroatoms. The molecule has 1 fully saturated rings. The van der Waals surface area contributed by atoms with Crippen LogP contribution < -0.4 is 0 Å². The van der Waals surface area contributed by atoms with Crippen molar-refractivity contribution < 1.29 is 14.7 Å². The SMILES string of the molecule is C=CCN(CC=C)C(=O)CN1CCCC1(CCC)C(=O)O. The number of nitrogens with zero attached hydrogens (tertiary/aromatic N) is 2. The summed E-state index contributed by atoms with van der Waals surface area (Å²) in [5.41, 5.74) is -0.877. The van der Waals surface area contributed by atoms with Crippen LogP contribution in [0, 0.1) is 0 Å². The summed E-state index contributed by atoms with van der Waals surface area (Å²) >= 11 is 0. The minimum atomic E-state index is -0.877. The molecule has 1 atom stereocenters. The van der Waals surface area contributed by atoms with Gasteiger partial charge in [-0.25, -0.2) is 0 Å². The van der Waals surface area contributed by atoms with Crippen LogP contribution >= 0.6 is 0 Å². The van der Waals surface area contributed by atoms with Crippen LogP contribution in [-0.4, -0.2) is 58.5 Å². The van der Waals surface area contributed by atoms with Gasteiger partial charge in [0.15, 0.2) is 0 Å². The molecule has 1 aliphatic heterocycles. The molecule has 1 N–H and O–H groups in total. The molecule has 0 radical (unpaired) electrons. The van der Waals surface area contributed by atoms with E-state index in [-0.39, 0.29) is 12.5 Å². The van der Waals surface area contributed by atoms with E-state index in [4.69, 9.17) is 0 Å². The van der Waals surface area contributed by atoms with Crippen molar-refractivity contribution in [2.24, 2.45) is 0 Å². The van der Waals surface area contributed by atoms with Gasteiger partial charge in [-0.2, -0.15) is 0 Å². The topological polar surface area (TPSA) is 60.9 Å². The molecule has 118 valence electrons. The first-order valence-electron chi connectivity index (χ1n) is 7.49. The van der Waals surface area contributed by atoms with Gasteiger partial charge in [0.2, 0.25) is 5.91 Å². The molecule has 1 unspecified atom stereocenters. The maximum Gasteiger partial charge on any atom is 0.324 e. The number of likely N-dealkylation sites (tertiary alicyclic amines) is 1. The highest BCUT2D eigenvalue weighted by Crippen LogP contribution is 2.33. The Hall–Kier alpha value is -1.62. The number of rotatable bonds is 9. The van der Waals surface area contributed by atoms with Crippen LogP contribution in [0.1, 0.15) is 32.6 Å². The summed E-state index contributed by atoms with van der Waals surface area (Å²) in [7, 11) is 0. The van der Waals surface area contributed by atoms with Gasteiger partial charge in [-0.3, -0.25) is 14.5 Å². The Morgan fingerprint density at radius 1 is 1.33 bits per heavy atom. The fourth-order valence-corrected chi connectivity index (χ4v) is 3.06. The lowest BCUT2D eigenvalue weighted by Gasteiger charge is -2.35. The van der Waals surface area contributed by atoms with Gasteiger partial charge in [-0.15, -0.1) is 13.2 Å². The molecule has 1 heterocycles. The van der Waals surface area contributed by atoms with Gasteiger partial charge in [-0.05, 0) is 25.8 Å². The lowest BCUT2D eigenvalue weighted by Crippen LogP contribution is -2.54. The summed E-state index contributed by atoms with van der Waals surface area (Å²) < 4.78 is 0. The van der Waals surface area contributed by atoms with E-state index in [1.807, 2.05) is 11.8 Å². The Morgan fingerprint density at radius 3 is 2.43 bits per heavy atom. The van der Waals surface area contributed by atoms with E-state index in [1.54, 1.807) is 17.1 Å². The molecular formula is C16H26N2O3. The molecular weight excluding hydrogens is 268 g/mol. The zero-order chi connectivity index (χ0) is 15.9. The minimum absolute atomic E-state index is 0.0709. The van der Waals surface area contributed by atoms with Gasteiger partial charge >= 0.3 is 5.97 Å². The molecule has 0 aromatic heterocycles. The maximum atomic E-state index is 12.4. The lowest BCUT2D eigenvalue weighted by molar-refractivity contribution is -0.151. The van der Waals surface area contributed by atoms with E-state index in [0.717, 1.165) is 12.8 Å². The lowest BCUT2D eigenvalue weighted by atomic mass is 9.90. The average molecular weight is 294 g/mol. The summed E-state index contributed by atoms with van der Waals surface area (Å²) in [5.74, 6) is -0.882. The number of amides is 1. The van der Waals surface area contributed by atoms with Gasteiger partial charge in [0.25, 0.3) is 0 Å². The number of carboxylic acid groups (broad SMARTS) is 1. The Labute approximate surface area is 126 Å². The summed E-state index contributed by atoms with van der Waals surface area (Å²) in [5, 5.41) is 9.62. The first kappa shape index (κ1) is 17.4. The standard InChI is InChI=1S/C16H26N2O3/c1-4-8-16(15(20)21)9-7-12-18(16)13-14(19)17(10-5-2)11-6-3/h5-6H,2-4,7-13H2,1H3,(H,20,21). The van der Waals surface area contributed by atoms with Crippen molar-refractivity contribution in [1.82, 2.24) is 9.80 Å². The van der Waals surface area contributed by atoms with E-state index >= 15 is 0 Å². The fourth-order valence-electron chi connectivity index (χ4n) is 3.06. The molecule has 1 saturated heterocycles. The number of aliphatic carboxylic acids is 1. The van der Waals surface area contributed by atoms with Crippen molar-refractivity contribution in [3.8, 4) is 0 Å². The van der Waals surface area contributed by atoms with Crippen molar-refractivity contribution in [2.75, 3.05) is 26.2 Å².